The summed E-state index contributed by atoms with van der Waals surface area (Å²) in [5.41, 5.74) is 0. The van der Waals surface area contributed by atoms with Crippen LogP contribution in [0.25, 0.3) is 0 Å². The molecule has 1 unspecified atom stereocenters. The first-order valence-electron chi connectivity index (χ1n) is 6.80. The van der Waals surface area contributed by atoms with Crippen molar-refractivity contribution in [1.82, 2.24) is 9.97 Å². The first kappa shape index (κ1) is 14.0. The van der Waals surface area contributed by atoms with Crippen molar-refractivity contribution in [3.05, 3.63) is 12.0 Å². The van der Waals surface area contributed by atoms with Gasteiger partial charge in [-0.1, -0.05) is 0 Å². The zero-order valence-electron chi connectivity index (χ0n) is 11.5. The molecule has 0 aromatic carbocycles. The smallest absolute Gasteiger partial charge is 0.224 e. The van der Waals surface area contributed by atoms with E-state index in [0.29, 0.717) is 24.9 Å². The second-order valence-electron chi connectivity index (χ2n) is 4.76. The molecular formula is C13H21FN4O. The first-order chi connectivity index (χ1) is 9.20. The maximum atomic E-state index is 13.8. The summed E-state index contributed by atoms with van der Waals surface area (Å²) in [5, 5.41) is 2.99. The zero-order chi connectivity index (χ0) is 13.7. The summed E-state index contributed by atoms with van der Waals surface area (Å²) < 4.78 is 19.4. The molecule has 1 fully saturated rings. The molecule has 1 aromatic heterocycles. The Labute approximate surface area is 113 Å². The molecule has 106 valence electrons. The SMILES string of the molecule is CCNc1ncc(F)c(N(C)CC2CCCCO2)n1. The lowest BCUT2D eigenvalue weighted by molar-refractivity contribution is 0.0215. The van der Waals surface area contributed by atoms with Crippen LogP contribution in [0, 0.1) is 5.82 Å². The fraction of sp³-hybridized carbons (Fsp3) is 0.692. The Morgan fingerprint density at radius 3 is 3.05 bits per heavy atom. The monoisotopic (exact) mass is 268 g/mol. The van der Waals surface area contributed by atoms with Crippen molar-refractivity contribution in [1.29, 1.82) is 0 Å². The van der Waals surface area contributed by atoms with Crippen LogP contribution in [0.3, 0.4) is 0 Å². The fourth-order valence-corrected chi connectivity index (χ4v) is 2.21. The van der Waals surface area contributed by atoms with Gasteiger partial charge in [-0.2, -0.15) is 4.98 Å². The highest BCUT2D eigenvalue weighted by molar-refractivity contribution is 5.43. The van der Waals surface area contributed by atoms with E-state index in [1.807, 2.05) is 14.0 Å². The van der Waals surface area contributed by atoms with Crippen LogP contribution in [0.15, 0.2) is 6.20 Å². The number of nitrogens with one attached hydrogen (secondary N) is 1. The number of nitrogens with zero attached hydrogens (tertiary/aromatic N) is 3. The number of anilines is 2. The van der Waals surface area contributed by atoms with Gasteiger partial charge in [-0.3, -0.25) is 0 Å². The van der Waals surface area contributed by atoms with Crippen LogP contribution in [-0.4, -0.2) is 42.8 Å². The van der Waals surface area contributed by atoms with Crippen molar-refractivity contribution in [2.75, 3.05) is 37.0 Å². The predicted molar refractivity (Wildman–Crippen MR) is 73.0 cm³/mol. The van der Waals surface area contributed by atoms with Gasteiger partial charge in [-0.25, -0.2) is 9.37 Å². The summed E-state index contributed by atoms with van der Waals surface area (Å²) in [6.07, 6.45) is 4.69. The Bertz CT molecular complexity index is 410. The molecule has 1 aliphatic rings. The summed E-state index contributed by atoms with van der Waals surface area (Å²) in [6, 6.07) is 0. The van der Waals surface area contributed by atoms with Crippen LogP contribution < -0.4 is 10.2 Å². The summed E-state index contributed by atoms with van der Waals surface area (Å²) in [7, 11) is 1.83. The Morgan fingerprint density at radius 1 is 1.53 bits per heavy atom. The van der Waals surface area contributed by atoms with E-state index in [-0.39, 0.29) is 6.10 Å². The molecule has 2 heterocycles. The van der Waals surface area contributed by atoms with Gasteiger partial charge < -0.3 is 15.0 Å². The number of aromatic nitrogens is 2. The quantitative estimate of drug-likeness (QED) is 0.885. The molecule has 0 spiro atoms. The number of hydrogen-bond donors (Lipinski definition) is 1. The average Bonchev–Trinajstić information content (AvgIpc) is 2.42. The molecule has 1 N–H and O–H groups in total. The minimum Gasteiger partial charge on any atom is -0.376 e. The Morgan fingerprint density at radius 2 is 2.37 bits per heavy atom. The first-order valence-corrected chi connectivity index (χ1v) is 6.80. The lowest BCUT2D eigenvalue weighted by atomic mass is 10.1. The lowest BCUT2D eigenvalue weighted by Crippen LogP contribution is -2.34. The standard InChI is InChI=1S/C13H21FN4O/c1-3-15-13-16-8-11(14)12(17-13)18(2)9-10-6-4-5-7-19-10/h8,10H,3-7,9H2,1-2H3,(H,15,16,17). The zero-order valence-corrected chi connectivity index (χ0v) is 11.5. The van der Waals surface area contributed by atoms with Gasteiger partial charge in [0.25, 0.3) is 0 Å². The van der Waals surface area contributed by atoms with E-state index in [4.69, 9.17) is 4.74 Å². The molecule has 0 saturated carbocycles. The maximum absolute atomic E-state index is 13.8. The second kappa shape index (κ2) is 6.65. The van der Waals surface area contributed by atoms with E-state index in [9.17, 15) is 4.39 Å². The van der Waals surface area contributed by atoms with Crippen molar-refractivity contribution >= 4 is 11.8 Å². The summed E-state index contributed by atoms with van der Waals surface area (Å²) >= 11 is 0. The minimum atomic E-state index is -0.403. The topological polar surface area (TPSA) is 50.3 Å². The van der Waals surface area contributed by atoms with E-state index in [2.05, 4.69) is 15.3 Å². The maximum Gasteiger partial charge on any atom is 0.224 e. The van der Waals surface area contributed by atoms with Gasteiger partial charge in [0.15, 0.2) is 11.6 Å². The van der Waals surface area contributed by atoms with Crippen LogP contribution in [0.4, 0.5) is 16.2 Å². The van der Waals surface area contributed by atoms with Crippen molar-refractivity contribution in [2.45, 2.75) is 32.3 Å². The third-order valence-corrected chi connectivity index (χ3v) is 3.17. The highest BCUT2D eigenvalue weighted by Crippen LogP contribution is 2.19. The third kappa shape index (κ3) is 3.76. The number of likely N-dealkylation sites (N-methyl/N-ethyl adjacent to an activating group) is 1. The van der Waals surface area contributed by atoms with Gasteiger partial charge >= 0.3 is 0 Å². The highest BCUT2D eigenvalue weighted by atomic mass is 19.1. The number of hydrogen-bond acceptors (Lipinski definition) is 5. The van der Waals surface area contributed by atoms with Gasteiger partial charge in [0.05, 0.1) is 12.3 Å². The van der Waals surface area contributed by atoms with Crippen molar-refractivity contribution < 1.29 is 9.13 Å². The Kier molecular flexibility index (Phi) is 4.90. The number of rotatable bonds is 5. The van der Waals surface area contributed by atoms with E-state index >= 15 is 0 Å². The minimum absolute atomic E-state index is 0.163. The van der Waals surface area contributed by atoms with Crippen molar-refractivity contribution in [2.24, 2.45) is 0 Å². The largest absolute Gasteiger partial charge is 0.376 e. The van der Waals surface area contributed by atoms with Gasteiger partial charge in [0, 0.05) is 26.7 Å². The lowest BCUT2D eigenvalue weighted by Gasteiger charge is -2.28. The molecule has 5 nitrogen and oxygen atoms in total. The predicted octanol–water partition coefficient (Wildman–Crippen LogP) is 2.05. The third-order valence-electron chi connectivity index (χ3n) is 3.17. The van der Waals surface area contributed by atoms with E-state index < -0.39 is 5.82 Å². The Hall–Kier alpha value is -1.43. The van der Waals surface area contributed by atoms with Crippen LogP contribution in [0.2, 0.25) is 0 Å². The van der Waals surface area contributed by atoms with E-state index in [1.165, 1.54) is 12.6 Å². The summed E-state index contributed by atoms with van der Waals surface area (Å²) in [4.78, 5) is 9.90. The van der Waals surface area contributed by atoms with Gasteiger partial charge in [-0.15, -0.1) is 0 Å². The highest BCUT2D eigenvalue weighted by Gasteiger charge is 2.19. The Balaban J connectivity index is 2.04. The second-order valence-corrected chi connectivity index (χ2v) is 4.76. The molecule has 0 bridgehead atoms. The fourth-order valence-electron chi connectivity index (χ4n) is 2.21. The molecule has 2 rings (SSSR count). The summed E-state index contributed by atoms with van der Waals surface area (Å²) in [5.74, 6) is 0.371. The van der Waals surface area contributed by atoms with Crippen LogP contribution in [0.5, 0.6) is 0 Å². The number of ether oxygens (including phenoxy) is 1. The molecule has 19 heavy (non-hydrogen) atoms. The average molecular weight is 268 g/mol. The van der Waals surface area contributed by atoms with Gasteiger partial charge in [-0.05, 0) is 26.2 Å². The van der Waals surface area contributed by atoms with Crippen molar-refractivity contribution in [3.8, 4) is 0 Å². The molecule has 6 heteroatoms. The molecule has 1 aromatic rings. The van der Waals surface area contributed by atoms with Gasteiger partial charge in [0.1, 0.15) is 0 Å². The number of halogens is 1. The summed E-state index contributed by atoms with van der Waals surface area (Å²) in [6.45, 7) is 4.11. The molecular weight excluding hydrogens is 247 g/mol. The molecule has 1 aliphatic heterocycles. The molecule has 0 radical (unpaired) electrons. The van der Waals surface area contributed by atoms with E-state index in [0.717, 1.165) is 19.4 Å². The molecule has 0 amide bonds. The molecule has 1 saturated heterocycles. The van der Waals surface area contributed by atoms with Crippen LogP contribution in [0.1, 0.15) is 26.2 Å². The van der Waals surface area contributed by atoms with Crippen molar-refractivity contribution in [3.63, 3.8) is 0 Å². The van der Waals surface area contributed by atoms with Crippen LogP contribution in [-0.2, 0) is 4.74 Å². The normalized spacial score (nSPS) is 19.2. The van der Waals surface area contributed by atoms with E-state index in [1.54, 1.807) is 4.90 Å². The molecule has 0 aliphatic carbocycles. The van der Waals surface area contributed by atoms with Crippen LogP contribution >= 0.6 is 0 Å². The van der Waals surface area contributed by atoms with Gasteiger partial charge in [0.2, 0.25) is 5.95 Å². The molecule has 1 atom stereocenters.